The second-order valence-corrected chi connectivity index (χ2v) is 8.01. The number of hydrogen-bond acceptors (Lipinski definition) is 5. The van der Waals surface area contributed by atoms with Gasteiger partial charge in [-0.25, -0.2) is 8.42 Å². The van der Waals surface area contributed by atoms with Gasteiger partial charge in [-0.2, -0.15) is 0 Å². The molecule has 2 atom stereocenters. The molecule has 1 fully saturated rings. The average molecular weight is 313 g/mol. The summed E-state index contributed by atoms with van der Waals surface area (Å²) in [5, 5.41) is 10.0. The van der Waals surface area contributed by atoms with E-state index in [-0.39, 0.29) is 24.2 Å². The van der Waals surface area contributed by atoms with Gasteiger partial charge in [0, 0.05) is 12.6 Å². The molecule has 0 spiro atoms. The highest BCUT2D eigenvalue weighted by Gasteiger charge is 2.31. The van der Waals surface area contributed by atoms with Crippen LogP contribution in [0.4, 0.5) is 0 Å². The number of benzene rings is 1. The van der Waals surface area contributed by atoms with Crippen molar-refractivity contribution in [2.75, 3.05) is 31.7 Å². The molecule has 5 nitrogen and oxygen atoms in total. The standard InChI is InChI=1S/C15H23NO4S/c1-12-4-3-5-15(8-12)20-10-14(17)9-16(2)13-6-7-21(18,19)11-13/h3-5,8,13-14,17H,6-7,9-11H2,1-2H3/t13-,14+/m1/s1. The van der Waals surface area contributed by atoms with Crippen LogP contribution in [0.5, 0.6) is 5.75 Å². The zero-order valence-electron chi connectivity index (χ0n) is 12.5. The lowest BCUT2D eigenvalue weighted by molar-refractivity contribution is 0.0664. The van der Waals surface area contributed by atoms with Crippen molar-refractivity contribution in [2.45, 2.75) is 25.5 Å². The number of aliphatic hydroxyl groups excluding tert-OH is 1. The molecule has 0 aromatic heterocycles. The zero-order valence-corrected chi connectivity index (χ0v) is 13.3. The molecular formula is C15H23NO4S. The normalized spacial score (nSPS) is 22.4. The minimum Gasteiger partial charge on any atom is -0.491 e. The first-order valence-electron chi connectivity index (χ1n) is 7.14. The van der Waals surface area contributed by atoms with Crippen molar-refractivity contribution < 1.29 is 18.3 Å². The monoisotopic (exact) mass is 313 g/mol. The van der Waals surface area contributed by atoms with Crippen LogP contribution in [0.1, 0.15) is 12.0 Å². The van der Waals surface area contributed by atoms with Gasteiger partial charge >= 0.3 is 0 Å². The third kappa shape index (κ3) is 4.98. The fourth-order valence-corrected chi connectivity index (χ4v) is 4.36. The number of nitrogens with zero attached hydrogens (tertiary/aromatic N) is 1. The molecule has 0 aliphatic carbocycles. The van der Waals surface area contributed by atoms with Crippen molar-refractivity contribution in [3.8, 4) is 5.75 Å². The number of rotatable bonds is 6. The third-order valence-electron chi connectivity index (χ3n) is 3.76. The first kappa shape index (κ1) is 16.3. The molecule has 0 saturated carbocycles. The summed E-state index contributed by atoms with van der Waals surface area (Å²) in [6.07, 6.45) is 0.00316. The Kier molecular flexibility index (Phi) is 5.24. The molecule has 1 aliphatic rings. The van der Waals surface area contributed by atoms with Crippen LogP contribution < -0.4 is 4.74 Å². The summed E-state index contributed by atoms with van der Waals surface area (Å²) in [6, 6.07) is 7.67. The van der Waals surface area contributed by atoms with E-state index in [1.807, 2.05) is 43.1 Å². The van der Waals surface area contributed by atoms with Gasteiger partial charge in [-0.15, -0.1) is 0 Å². The van der Waals surface area contributed by atoms with E-state index in [4.69, 9.17) is 4.74 Å². The van der Waals surface area contributed by atoms with E-state index in [1.54, 1.807) is 0 Å². The number of ether oxygens (including phenoxy) is 1. The van der Waals surface area contributed by atoms with Crippen LogP contribution in [0.3, 0.4) is 0 Å². The highest BCUT2D eigenvalue weighted by atomic mass is 32.2. The first-order valence-corrected chi connectivity index (χ1v) is 8.96. The van der Waals surface area contributed by atoms with Crippen LogP contribution in [0, 0.1) is 6.92 Å². The zero-order chi connectivity index (χ0) is 15.5. The Labute approximate surface area is 126 Å². The van der Waals surface area contributed by atoms with E-state index in [9.17, 15) is 13.5 Å². The van der Waals surface area contributed by atoms with E-state index >= 15 is 0 Å². The van der Waals surface area contributed by atoms with Crippen LogP contribution in [-0.4, -0.2) is 62.3 Å². The highest BCUT2D eigenvalue weighted by molar-refractivity contribution is 7.91. The second-order valence-electron chi connectivity index (χ2n) is 5.78. The molecule has 1 aromatic rings. The van der Waals surface area contributed by atoms with E-state index in [1.165, 1.54) is 0 Å². The van der Waals surface area contributed by atoms with Crippen LogP contribution in [0.25, 0.3) is 0 Å². The Morgan fingerprint density at radius 2 is 2.24 bits per heavy atom. The van der Waals surface area contributed by atoms with Gasteiger partial charge in [0.05, 0.1) is 11.5 Å². The first-order chi connectivity index (χ1) is 9.85. The van der Waals surface area contributed by atoms with E-state index in [2.05, 4.69) is 0 Å². The second kappa shape index (κ2) is 6.77. The largest absolute Gasteiger partial charge is 0.491 e. The van der Waals surface area contributed by atoms with Crippen molar-refractivity contribution >= 4 is 9.84 Å². The Hall–Kier alpha value is -1.11. The smallest absolute Gasteiger partial charge is 0.151 e. The Bertz CT molecular complexity index is 573. The van der Waals surface area contributed by atoms with E-state index in [0.29, 0.717) is 13.0 Å². The van der Waals surface area contributed by atoms with Gasteiger partial charge in [0.2, 0.25) is 0 Å². The van der Waals surface area contributed by atoms with Gasteiger partial charge in [-0.3, -0.25) is 4.90 Å². The maximum atomic E-state index is 11.5. The minimum atomic E-state index is -2.89. The van der Waals surface area contributed by atoms with Gasteiger partial charge in [0.25, 0.3) is 0 Å². The molecule has 118 valence electrons. The SMILES string of the molecule is Cc1cccc(OC[C@@H](O)CN(C)[C@@H]2CCS(=O)(=O)C2)c1. The lowest BCUT2D eigenvalue weighted by Crippen LogP contribution is -2.40. The molecular weight excluding hydrogens is 290 g/mol. The Morgan fingerprint density at radius 3 is 2.86 bits per heavy atom. The molecule has 21 heavy (non-hydrogen) atoms. The lowest BCUT2D eigenvalue weighted by Gasteiger charge is -2.25. The molecule has 2 rings (SSSR count). The molecule has 1 saturated heterocycles. The molecule has 1 N–H and O–H groups in total. The molecule has 0 unspecified atom stereocenters. The Balaban J connectivity index is 1.78. The lowest BCUT2D eigenvalue weighted by atomic mass is 10.2. The van der Waals surface area contributed by atoms with Crippen molar-refractivity contribution in [2.24, 2.45) is 0 Å². The van der Waals surface area contributed by atoms with Crippen LogP contribution >= 0.6 is 0 Å². The number of aryl methyl sites for hydroxylation is 1. The summed E-state index contributed by atoms with van der Waals surface area (Å²) in [4.78, 5) is 1.91. The molecule has 0 bridgehead atoms. The molecule has 0 radical (unpaired) electrons. The van der Waals surface area contributed by atoms with Gasteiger partial charge in [-0.05, 0) is 38.1 Å². The number of likely N-dealkylation sites (N-methyl/N-ethyl adjacent to an activating group) is 1. The van der Waals surface area contributed by atoms with Crippen molar-refractivity contribution in [1.29, 1.82) is 0 Å². The molecule has 6 heteroatoms. The molecule has 1 aromatic carbocycles. The highest BCUT2D eigenvalue weighted by Crippen LogP contribution is 2.17. The summed E-state index contributed by atoms with van der Waals surface area (Å²) in [7, 11) is -1.04. The number of sulfone groups is 1. The Morgan fingerprint density at radius 1 is 1.48 bits per heavy atom. The van der Waals surface area contributed by atoms with Gasteiger partial charge < -0.3 is 9.84 Å². The number of aliphatic hydroxyl groups is 1. The van der Waals surface area contributed by atoms with Crippen molar-refractivity contribution in [3.63, 3.8) is 0 Å². The maximum Gasteiger partial charge on any atom is 0.151 e. The topological polar surface area (TPSA) is 66.8 Å². The third-order valence-corrected chi connectivity index (χ3v) is 5.51. The molecule has 1 aliphatic heterocycles. The quantitative estimate of drug-likeness (QED) is 0.843. The van der Waals surface area contributed by atoms with Crippen molar-refractivity contribution in [1.82, 2.24) is 4.90 Å². The maximum absolute atomic E-state index is 11.5. The number of hydrogen-bond donors (Lipinski definition) is 1. The predicted molar refractivity (Wildman–Crippen MR) is 82.4 cm³/mol. The van der Waals surface area contributed by atoms with Gasteiger partial charge in [-0.1, -0.05) is 12.1 Å². The summed E-state index contributed by atoms with van der Waals surface area (Å²) in [5.41, 5.74) is 1.11. The van der Waals surface area contributed by atoms with Crippen LogP contribution in [0.2, 0.25) is 0 Å². The molecule has 0 amide bonds. The predicted octanol–water partition coefficient (Wildman–Crippen LogP) is 0.854. The van der Waals surface area contributed by atoms with E-state index in [0.717, 1.165) is 11.3 Å². The summed E-state index contributed by atoms with van der Waals surface area (Å²) in [6.45, 7) is 2.59. The fraction of sp³-hybridized carbons (Fsp3) is 0.600. The minimum absolute atomic E-state index is 0.00335. The van der Waals surface area contributed by atoms with Crippen LogP contribution in [0.15, 0.2) is 24.3 Å². The summed E-state index contributed by atoms with van der Waals surface area (Å²) in [5.74, 6) is 1.17. The van der Waals surface area contributed by atoms with E-state index < -0.39 is 15.9 Å². The summed E-state index contributed by atoms with van der Waals surface area (Å²) >= 11 is 0. The average Bonchev–Trinajstić information content (AvgIpc) is 2.77. The van der Waals surface area contributed by atoms with Gasteiger partial charge in [0.15, 0.2) is 9.84 Å². The van der Waals surface area contributed by atoms with Gasteiger partial charge in [0.1, 0.15) is 18.5 Å². The summed E-state index contributed by atoms with van der Waals surface area (Å²) < 4.78 is 28.5. The fourth-order valence-electron chi connectivity index (χ4n) is 2.55. The van der Waals surface area contributed by atoms with Crippen LogP contribution in [-0.2, 0) is 9.84 Å². The van der Waals surface area contributed by atoms with Crippen molar-refractivity contribution in [3.05, 3.63) is 29.8 Å². The molecule has 1 heterocycles.